The number of hydrogen-bond donors (Lipinski definition) is 0. The maximum absolute atomic E-state index is 16.0. The zero-order valence-corrected chi connectivity index (χ0v) is 54.1. The molecule has 442 valence electrons. The second kappa shape index (κ2) is 42.0. The van der Waals surface area contributed by atoms with E-state index in [2.05, 4.69) is 74.5 Å². The summed E-state index contributed by atoms with van der Waals surface area (Å²) in [7, 11) is 0. The van der Waals surface area contributed by atoms with Gasteiger partial charge in [0.1, 0.15) is 10.0 Å². The summed E-state index contributed by atoms with van der Waals surface area (Å²) in [6.45, 7) is 12.7. The van der Waals surface area contributed by atoms with Crippen LogP contribution in [0.25, 0.3) is 31.2 Å². The topological polar surface area (TPSA) is 66.4 Å². The molecular weight excluding hydrogens is 1050 g/mol. The third-order valence-electron chi connectivity index (χ3n) is 16.8. The molecule has 1 aliphatic rings. The van der Waals surface area contributed by atoms with Crippen LogP contribution in [0.1, 0.15) is 301 Å². The quantitative estimate of drug-likeness (QED) is 0.0251. The van der Waals surface area contributed by atoms with Gasteiger partial charge in [-0.15, -0.1) is 45.3 Å². The Labute approximate surface area is 499 Å². The molecule has 0 aromatic carbocycles. The van der Waals surface area contributed by atoms with E-state index < -0.39 is 0 Å². The summed E-state index contributed by atoms with van der Waals surface area (Å²) in [5.74, 6) is 0.772. The van der Waals surface area contributed by atoms with Gasteiger partial charge in [-0.05, 0) is 72.9 Å². The van der Waals surface area contributed by atoms with Crippen LogP contribution in [0, 0.1) is 11.8 Å². The van der Waals surface area contributed by atoms with Gasteiger partial charge >= 0.3 is 0 Å². The van der Waals surface area contributed by atoms with E-state index in [1.807, 2.05) is 17.3 Å². The summed E-state index contributed by atoms with van der Waals surface area (Å²) >= 11 is 6.74. The zero-order chi connectivity index (χ0) is 56.0. The van der Waals surface area contributed by atoms with E-state index in [1.165, 1.54) is 231 Å². The summed E-state index contributed by atoms with van der Waals surface area (Å²) < 4.78 is 0. The Morgan fingerprint density at radius 2 is 0.886 bits per heavy atom. The molecule has 5 rings (SSSR count). The van der Waals surface area contributed by atoms with Gasteiger partial charge in [-0.1, -0.05) is 271 Å². The molecule has 0 spiro atoms. The van der Waals surface area contributed by atoms with Gasteiger partial charge in [0.05, 0.1) is 36.5 Å². The molecule has 0 radical (unpaired) electrons. The van der Waals surface area contributed by atoms with Gasteiger partial charge in [0.15, 0.2) is 0 Å². The van der Waals surface area contributed by atoms with Crippen molar-refractivity contribution < 1.29 is 9.59 Å². The van der Waals surface area contributed by atoms with Crippen LogP contribution in [0.3, 0.4) is 0 Å². The third kappa shape index (κ3) is 24.8. The average molecular weight is 1160 g/mol. The Morgan fingerprint density at radius 3 is 1.28 bits per heavy atom. The van der Waals surface area contributed by atoms with Crippen molar-refractivity contribution in [2.45, 2.75) is 291 Å². The first kappa shape index (κ1) is 66.9. The van der Waals surface area contributed by atoms with E-state index in [-0.39, 0.29) is 5.91 Å². The first-order chi connectivity index (χ1) is 38.9. The number of amides is 2. The van der Waals surface area contributed by atoms with Crippen molar-refractivity contribution in [2.75, 3.05) is 13.1 Å². The average Bonchev–Trinajstić information content (AvgIpc) is 4.53. The van der Waals surface area contributed by atoms with Crippen LogP contribution in [-0.4, -0.2) is 45.2 Å². The molecule has 0 fully saturated rings. The molecular formula is C69H110N4O2S4. The third-order valence-corrected chi connectivity index (χ3v) is 20.9. The summed E-state index contributed by atoms with van der Waals surface area (Å²) in [5, 5.41) is 6.15. The number of hydrogen-bond acceptors (Lipinski definition) is 8. The van der Waals surface area contributed by atoms with Crippen LogP contribution < -0.4 is 0 Å². The SMILES string of the molecule is CCCCCCCCCCCCC(CCCCCCCCCC)CN1C(=O)/C(=C(\c2cnc(-c3cccs3)s2)N(C=O)CC(CCCCCCCCCC)CCCCCCCCCCCC)C(C)=C1c1cnc(-c2cccs2)s1. The second-order valence-corrected chi connectivity index (χ2v) is 27.5. The first-order valence-corrected chi connectivity index (χ1v) is 36.3. The number of nitrogens with zero attached hydrogens (tertiary/aromatic N) is 4. The molecule has 6 nitrogen and oxygen atoms in total. The van der Waals surface area contributed by atoms with E-state index in [1.54, 1.807) is 45.3 Å². The minimum absolute atomic E-state index is 0.0322. The zero-order valence-electron chi connectivity index (χ0n) is 50.8. The highest BCUT2D eigenvalue weighted by molar-refractivity contribution is 7.22. The fraction of sp³-hybridized carbons (Fsp3) is 0.710. The van der Waals surface area contributed by atoms with Gasteiger partial charge in [0.25, 0.3) is 5.91 Å². The van der Waals surface area contributed by atoms with Crippen molar-refractivity contribution in [3.8, 4) is 19.8 Å². The van der Waals surface area contributed by atoms with Crippen LogP contribution in [-0.2, 0) is 9.59 Å². The van der Waals surface area contributed by atoms with Crippen LogP contribution >= 0.6 is 45.3 Å². The lowest BCUT2D eigenvalue weighted by Crippen LogP contribution is -2.33. The van der Waals surface area contributed by atoms with Crippen molar-refractivity contribution in [1.29, 1.82) is 0 Å². The molecule has 4 aromatic heterocycles. The molecule has 79 heavy (non-hydrogen) atoms. The Balaban J connectivity index is 1.48. The Bertz CT molecular complexity index is 2220. The maximum Gasteiger partial charge on any atom is 0.260 e. The highest BCUT2D eigenvalue weighted by atomic mass is 32.1. The molecule has 0 N–H and O–H groups in total. The van der Waals surface area contributed by atoms with Crippen molar-refractivity contribution in [2.24, 2.45) is 11.8 Å². The standard InChI is InChI=1S/C69H110N4O2S4/c1-6-10-14-18-22-26-28-32-35-39-45-58(44-38-34-30-24-20-16-12-8-3)54-72(56-74)66(63-53-71-68(79-63)61-49-43-51-77-61)64-57(5)65(62-52-70-67(78-62)60-48-42-50-76-60)73(69(64)75)55-59(46-40-36-31-25-21-17-13-9-4)47-41-37-33-29-27-23-19-15-11-7-2/h42-43,48-53,56,58-59H,6-41,44-47,54-55H2,1-5H3/b66-64+. The summed E-state index contributed by atoms with van der Waals surface area (Å²) in [5.41, 5.74) is 3.36. The summed E-state index contributed by atoms with van der Waals surface area (Å²) in [6.07, 6.45) is 56.7. The lowest BCUT2D eigenvalue weighted by molar-refractivity contribution is -0.123. The van der Waals surface area contributed by atoms with Crippen molar-refractivity contribution in [3.63, 3.8) is 0 Å². The smallest absolute Gasteiger partial charge is 0.260 e. The summed E-state index contributed by atoms with van der Waals surface area (Å²) in [4.78, 5) is 48.5. The van der Waals surface area contributed by atoms with Gasteiger partial charge in [-0.2, -0.15) is 0 Å². The Kier molecular flexibility index (Phi) is 35.5. The van der Waals surface area contributed by atoms with Gasteiger partial charge < -0.3 is 9.80 Å². The highest BCUT2D eigenvalue weighted by Crippen LogP contribution is 2.46. The largest absolute Gasteiger partial charge is 0.313 e. The number of unbranched alkanes of at least 4 members (excludes halogenated alkanes) is 32. The van der Waals surface area contributed by atoms with Crippen molar-refractivity contribution >= 4 is 69.1 Å². The second-order valence-electron chi connectivity index (χ2n) is 23.6. The number of thiazole rings is 2. The minimum atomic E-state index is 0.0322. The molecule has 0 aliphatic carbocycles. The van der Waals surface area contributed by atoms with E-state index in [9.17, 15) is 4.79 Å². The molecule has 2 unspecified atom stereocenters. The first-order valence-electron chi connectivity index (χ1n) is 32.9. The normalized spacial score (nSPS) is 14.3. The fourth-order valence-electron chi connectivity index (χ4n) is 12.0. The predicted molar refractivity (Wildman–Crippen MR) is 349 cm³/mol. The Hall–Kier alpha value is -2.92. The van der Waals surface area contributed by atoms with Gasteiger partial charge in [-0.3, -0.25) is 9.59 Å². The van der Waals surface area contributed by atoms with E-state index in [0.717, 1.165) is 78.6 Å². The predicted octanol–water partition coefficient (Wildman–Crippen LogP) is 23.4. The molecule has 1 aliphatic heterocycles. The van der Waals surface area contributed by atoms with E-state index >= 15 is 4.79 Å². The number of carbonyl (C=O) groups excluding carboxylic acids is 2. The number of aromatic nitrogens is 2. The van der Waals surface area contributed by atoms with Gasteiger partial charge in [-0.25, -0.2) is 9.97 Å². The molecule has 0 bridgehead atoms. The minimum Gasteiger partial charge on any atom is -0.313 e. The summed E-state index contributed by atoms with van der Waals surface area (Å²) in [6, 6.07) is 8.46. The highest BCUT2D eigenvalue weighted by Gasteiger charge is 2.40. The van der Waals surface area contributed by atoms with Crippen molar-refractivity contribution in [1.82, 2.24) is 19.8 Å². The number of carbonyl (C=O) groups is 2. The molecule has 2 amide bonds. The molecule has 0 saturated heterocycles. The molecule has 5 heterocycles. The van der Waals surface area contributed by atoms with Gasteiger partial charge in [0.2, 0.25) is 6.41 Å². The molecule has 4 aromatic rings. The fourth-order valence-corrected chi connectivity index (χ4v) is 15.7. The van der Waals surface area contributed by atoms with E-state index in [0.29, 0.717) is 30.5 Å². The lowest BCUT2D eigenvalue weighted by atomic mass is 9.92. The number of rotatable bonds is 50. The van der Waals surface area contributed by atoms with Crippen LogP contribution in [0.5, 0.6) is 0 Å². The van der Waals surface area contributed by atoms with E-state index in [4.69, 9.17) is 9.97 Å². The Morgan fingerprint density at radius 1 is 0.506 bits per heavy atom. The van der Waals surface area contributed by atoms with Crippen molar-refractivity contribution in [3.05, 3.63) is 68.3 Å². The number of thiophene rings is 2. The monoisotopic (exact) mass is 1150 g/mol. The van der Waals surface area contributed by atoms with Crippen LogP contribution in [0.15, 0.2) is 58.6 Å². The maximum atomic E-state index is 16.0. The van der Waals surface area contributed by atoms with Crippen LogP contribution in [0.2, 0.25) is 0 Å². The lowest BCUT2D eigenvalue weighted by Gasteiger charge is -2.28. The molecule has 10 heteroatoms. The van der Waals surface area contributed by atoms with Crippen LogP contribution in [0.4, 0.5) is 0 Å². The molecule has 0 saturated carbocycles. The molecule has 2 atom stereocenters. The van der Waals surface area contributed by atoms with Gasteiger partial charge in [0, 0.05) is 25.5 Å².